The summed E-state index contributed by atoms with van der Waals surface area (Å²) in [7, 11) is -4.96. The van der Waals surface area contributed by atoms with Gasteiger partial charge < -0.3 is 5.32 Å². The maximum Gasteiger partial charge on any atom is 0.341 e. The maximum atomic E-state index is 13.7. The minimum atomic E-state index is -4.96. The molecular weight excluding hydrogens is 373 g/mol. The standard InChI is InChI=1S/C16H15F3N2O4S/c1-9-3-4-11(7-13(9)17)10(2)20-14-6-5-12(8-15(14)21(22)23)26(24,25)16(18)19/h3-8,10,16,20H,1-2H3. The molecular formula is C16H15F3N2O4S. The minimum Gasteiger partial charge on any atom is -0.373 e. The number of rotatable bonds is 6. The van der Waals surface area contributed by atoms with Gasteiger partial charge in [0.25, 0.3) is 5.69 Å². The molecule has 0 radical (unpaired) electrons. The summed E-state index contributed by atoms with van der Waals surface area (Å²) in [6.07, 6.45) is 0. The van der Waals surface area contributed by atoms with Crippen molar-refractivity contribution in [1.82, 2.24) is 0 Å². The Balaban J connectivity index is 2.40. The molecule has 2 aromatic rings. The molecule has 0 fully saturated rings. The van der Waals surface area contributed by atoms with E-state index in [1.807, 2.05) is 0 Å². The van der Waals surface area contributed by atoms with Crippen molar-refractivity contribution in [1.29, 1.82) is 0 Å². The van der Waals surface area contributed by atoms with E-state index in [4.69, 9.17) is 0 Å². The summed E-state index contributed by atoms with van der Waals surface area (Å²) in [5.74, 6) is -4.13. The first kappa shape index (κ1) is 19.7. The number of sulfone groups is 1. The SMILES string of the molecule is Cc1ccc(C(C)Nc2ccc(S(=O)(=O)C(F)F)cc2[N+](=O)[O-])cc1F. The fourth-order valence-electron chi connectivity index (χ4n) is 2.26. The Kier molecular flexibility index (Phi) is 5.55. The molecule has 0 spiro atoms. The number of nitrogens with zero attached hydrogens (tertiary/aromatic N) is 1. The fraction of sp³-hybridized carbons (Fsp3) is 0.250. The summed E-state index contributed by atoms with van der Waals surface area (Å²) in [5.41, 5.74) is 0.197. The Morgan fingerprint density at radius 1 is 1.15 bits per heavy atom. The smallest absolute Gasteiger partial charge is 0.341 e. The molecule has 0 saturated heterocycles. The van der Waals surface area contributed by atoms with Crippen molar-refractivity contribution < 1.29 is 26.5 Å². The maximum absolute atomic E-state index is 13.7. The Hall–Kier alpha value is -2.62. The molecule has 0 aliphatic rings. The van der Waals surface area contributed by atoms with Gasteiger partial charge >= 0.3 is 5.76 Å². The Labute approximate surface area is 147 Å². The van der Waals surface area contributed by atoms with Gasteiger partial charge in [0, 0.05) is 12.1 Å². The third-order valence-corrected chi connectivity index (χ3v) is 5.18. The lowest BCUT2D eigenvalue weighted by molar-refractivity contribution is -0.384. The molecule has 0 amide bonds. The summed E-state index contributed by atoms with van der Waals surface area (Å²) < 4.78 is 61.9. The number of hydrogen-bond donors (Lipinski definition) is 1. The molecule has 140 valence electrons. The first-order valence-electron chi connectivity index (χ1n) is 7.37. The molecule has 0 aliphatic heterocycles. The van der Waals surface area contributed by atoms with Crippen molar-refractivity contribution in [3.63, 3.8) is 0 Å². The van der Waals surface area contributed by atoms with Crippen LogP contribution in [0.4, 0.5) is 24.5 Å². The summed E-state index contributed by atoms with van der Waals surface area (Å²) in [5, 5.41) is 14.0. The van der Waals surface area contributed by atoms with Crippen molar-refractivity contribution in [2.75, 3.05) is 5.32 Å². The minimum absolute atomic E-state index is 0.0725. The van der Waals surface area contributed by atoms with Crippen LogP contribution in [0, 0.1) is 22.9 Å². The van der Waals surface area contributed by atoms with Gasteiger partial charge in [0.15, 0.2) is 0 Å². The summed E-state index contributed by atoms with van der Waals surface area (Å²) in [4.78, 5) is 9.48. The number of alkyl halides is 2. The molecule has 10 heteroatoms. The lowest BCUT2D eigenvalue weighted by Gasteiger charge is -2.17. The van der Waals surface area contributed by atoms with Crippen molar-refractivity contribution in [2.45, 2.75) is 30.5 Å². The van der Waals surface area contributed by atoms with E-state index in [0.29, 0.717) is 17.2 Å². The van der Waals surface area contributed by atoms with Crippen LogP contribution in [0.1, 0.15) is 24.1 Å². The van der Waals surface area contributed by atoms with Crippen molar-refractivity contribution in [3.8, 4) is 0 Å². The van der Waals surface area contributed by atoms with Gasteiger partial charge in [0.1, 0.15) is 11.5 Å². The van der Waals surface area contributed by atoms with Crippen LogP contribution in [0.5, 0.6) is 0 Å². The van der Waals surface area contributed by atoms with Crippen LogP contribution in [-0.4, -0.2) is 19.1 Å². The molecule has 0 bridgehead atoms. The van der Waals surface area contributed by atoms with Crippen LogP contribution in [0.25, 0.3) is 0 Å². The highest BCUT2D eigenvalue weighted by molar-refractivity contribution is 7.91. The molecule has 0 saturated carbocycles. The zero-order chi connectivity index (χ0) is 19.6. The molecule has 2 aromatic carbocycles. The van der Waals surface area contributed by atoms with Gasteiger partial charge in [-0.1, -0.05) is 12.1 Å². The van der Waals surface area contributed by atoms with Crippen molar-refractivity contribution >= 4 is 21.2 Å². The number of nitro benzene ring substituents is 1. The molecule has 0 heterocycles. The fourth-order valence-corrected chi connectivity index (χ4v) is 3.00. The topological polar surface area (TPSA) is 89.3 Å². The monoisotopic (exact) mass is 388 g/mol. The number of nitro groups is 1. The number of halogens is 3. The zero-order valence-corrected chi connectivity index (χ0v) is 14.6. The van der Waals surface area contributed by atoms with Crippen LogP contribution in [0.2, 0.25) is 0 Å². The van der Waals surface area contributed by atoms with E-state index in [9.17, 15) is 31.7 Å². The second-order valence-electron chi connectivity index (χ2n) is 5.62. The van der Waals surface area contributed by atoms with Crippen LogP contribution < -0.4 is 5.32 Å². The Bertz CT molecular complexity index is 949. The van der Waals surface area contributed by atoms with Crippen LogP contribution in [0.15, 0.2) is 41.3 Å². The van der Waals surface area contributed by atoms with Gasteiger partial charge in [-0.05, 0) is 43.2 Å². The summed E-state index contributed by atoms with van der Waals surface area (Å²) in [6.45, 7) is 3.21. The highest BCUT2D eigenvalue weighted by atomic mass is 32.2. The largest absolute Gasteiger partial charge is 0.373 e. The lowest BCUT2D eigenvalue weighted by Crippen LogP contribution is -2.13. The van der Waals surface area contributed by atoms with E-state index in [2.05, 4.69) is 5.32 Å². The van der Waals surface area contributed by atoms with Crippen LogP contribution >= 0.6 is 0 Å². The van der Waals surface area contributed by atoms with Gasteiger partial charge in [0.05, 0.1) is 9.82 Å². The molecule has 26 heavy (non-hydrogen) atoms. The number of anilines is 1. The van der Waals surface area contributed by atoms with E-state index in [1.165, 1.54) is 6.07 Å². The van der Waals surface area contributed by atoms with Gasteiger partial charge in [-0.25, -0.2) is 12.8 Å². The first-order chi connectivity index (χ1) is 12.0. The Morgan fingerprint density at radius 3 is 2.35 bits per heavy atom. The molecule has 1 unspecified atom stereocenters. The molecule has 6 nitrogen and oxygen atoms in total. The highest BCUT2D eigenvalue weighted by Crippen LogP contribution is 2.32. The normalized spacial score (nSPS) is 12.8. The third-order valence-electron chi connectivity index (χ3n) is 3.80. The number of hydrogen-bond acceptors (Lipinski definition) is 5. The van der Waals surface area contributed by atoms with Gasteiger partial charge in [-0.15, -0.1) is 0 Å². The van der Waals surface area contributed by atoms with Crippen molar-refractivity contribution in [2.24, 2.45) is 0 Å². The predicted molar refractivity (Wildman–Crippen MR) is 89.5 cm³/mol. The number of nitrogens with one attached hydrogen (secondary N) is 1. The van der Waals surface area contributed by atoms with Gasteiger partial charge in [0.2, 0.25) is 9.84 Å². The quantitative estimate of drug-likeness (QED) is 0.591. The average molecular weight is 388 g/mol. The van der Waals surface area contributed by atoms with Crippen molar-refractivity contribution in [3.05, 3.63) is 63.5 Å². The van der Waals surface area contributed by atoms with E-state index in [1.54, 1.807) is 26.0 Å². The second-order valence-corrected chi connectivity index (χ2v) is 7.53. The molecule has 0 aromatic heterocycles. The molecule has 1 atom stereocenters. The van der Waals surface area contributed by atoms with E-state index in [-0.39, 0.29) is 5.69 Å². The third kappa shape index (κ3) is 3.96. The van der Waals surface area contributed by atoms with Crippen LogP contribution in [0.3, 0.4) is 0 Å². The molecule has 2 rings (SSSR count). The average Bonchev–Trinajstić information content (AvgIpc) is 2.57. The summed E-state index contributed by atoms with van der Waals surface area (Å²) in [6, 6.07) is 6.38. The first-order valence-corrected chi connectivity index (χ1v) is 8.91. The Morgan fingerprint density at radius 2 is 1.81 bits per heavy atom. The number of aryl methyl sites for hydroxylation is 1. The highest BCUT2D eigenvalue weighted by Gasteiger charge is 2.29. The van der Waals surface area contributed by atoms with Crippen LogP contribution in [-0.2, 0) is 9.84 Å². The summed E-state index contributed by atoms with van der Waals surface area (Å²) >= 11 is 0. The zero-order valence-electron chi connectivity index (χ0n) is 13.7. The van der Waals surface area contributed by atoms with E-state index in [0.717, 1.165) is 12.1 Å². The predicted octanol–water partition coefficient (Wildman–Crippen LogP) is 4.21. The lowest BCUT2D eigenvalue weighted by atomic mass is 10.1. The van der Waals surface area contributed by atoms with E-state index < -0.39 is 43.0 Å². The number of benzene rings is 2. The van der Waals surface area contributed by atoms with E-state index >= 15 is 0 Å². The molecule has 0 aliphatic carbocycles. The molecule has 1 N–H and O–H groups in total. The van der Waals surface area contributed by atoms with Gasteiger partial charge in [-0.3, -0.25) is 10.1 Å². The van der Waals surface area contributed by atoms with Gasteiger partial charge in [-0.2, -0.15) is 8.78 Å². The second kappa shape index (κ2) is 7.32.